The van der Waals surface area contributed by atoms with E-state index in [1.165, 1.54) is 6.42 Å². The lowest BCUT2D eigenvalue weighted by Gasteiger charge is -2.21. The molecule has 1 aliphatic rings. The predicted octanol–water partition coefficient (Wildman–Crippen LogP) is 5.88. The van der Waals surface area contributed by atoms with E-state index in [0.29, 0.717) is 22.7 Å². The van der Waals surface area contributed by atoms with Gasteiger partial charge in [-0.1, -0.05) is 41.3 Å². The van der Waals surface area contributed by atoms with E-state index in [4.69, 9.17) is 17.0 Å². The maximum atomic E-state index is 12.8. The van der Waals surface area contributed by atoms with Crippen molar-refractivity contribution >= 4 is 56.4 Å². The van der Waals surface area contributed by atoms with Crippen molar-refractivity contribution in [3.8, 4) is 5.75 Å². The largest absolute Gasteiger partial charge is 0.490 e. The third-order valence-electron chi connectivity index (χ3n) is 5.14. The van der Waals surface area contributed by atoms with Crippen LogP contribution < -0.4 is 20.7 Å². The molecule has 6 nitrogen and oxygen atoms in total. The molecule has 0 heterocycles. The second-order valence-corrected chi connectivity index (χ2v) is 9.44. The molecule has 0 saturated heterocycles. The summed E-state index contributed by atoms with van der Waals surface area (Å²) in [7, 11) is 0. The highest BCUT2D eigenvalue weighted by molar-refractivity contribution is 9.10. The second kappa shape index (κ2) is 11.4. The lowest BCUT2D eigenvalue weighted by atomic mass is 9.88. The Balaban J connectivity index is 1.61. The predicted molar refractivity (Wildman–Crippen MR) is 135 cm³/mol. The van der Waals surface area contributed by atoms with Crippen molar-refractivity contribution in [2.24, 2.45) is 5.92 Å². The zero-order valence-electron chi connectivity index (χ0n) is 18.2. The molecule has 0 radical (unpaired) electrons. The van der Waals surface area contributed by atoms with Gasteiger partial charge in [-0.05, 0) is 75.3 Å². The summed E-state index contributed by atoms with van der Waals surface area (Å²) < 4.78 is 6.50. The third kappa shape index (κ3) is 7.03. The number of amides is 2. The Morgan fingerprint density at radius 1 is 1.03 bits per heavy atom. The Bertz CT molecular complexity index is 990. The van der Waals surface area contributed by atoms with Gasteiger partial charge in [0.2, 0.25) is 5.91 Å². The van der Waals surface area contributed by atoms with Crippen LogP contribution in [0.15, 0.2) is 46.9 Å². The monoisotopic (exact) mass is 517 g/mol. The number of hydrogen-bond acceptors (Lipinski definition) is 4. The summed E-state index contributed by atoms with van der Waals surface area (Å²) in [4.78, 5) is 25.3. The molecule has 1 aliphatic carbocycles. The molecule has 0 unspecified atom stereocenters. The van der Waals surface area contributed by atoms with E-state index in [0.717, 1.165) is 30.2 Å². The molecule has 0 atom stereocenters. The van der Waals surface area contributed by atoms with Crippen LogP contribution in [0.25, 0.3) is 0 Å². The van der Waals surface area contributed by atoms with Crippen LogP contribution in [0.2, 0.25) is 0 Å². The lowest BCUT2D eigenvalue weighted by molar-refractivity contribution is -0.120. The summed E-state index contributed by atoms with van der Waals surface area (Å²) in [6.45, 7) is 3.80. The number of nitrogens with one attached hydrogen (secondary N) is 3. The van der Waals surface area contributed by atoms with Crippen molar-refractivity contribution in [2.75, 3.05) is 10.6 Å². The van der Waals surface area contributed by atoms with Gasteiger partial charge in [-0.25, -0.2) is 0 Å². The molecule has 2 aromatic rings. The van der Waals surface area contributed by atoms with Crippen molar-refractivity contribution in [3.63, 3.8) is 0 Å². The number of thiocarbonyl (C=S) groups is 1. The standard InChI is InChI=1S/C24H28BrN3O3S/c1-15(2)31-21-12-11-17(25)13-20(21)23(30)28-24(32)27-19-10-6-9-18(14-19)26-22(29)16-7-4-3-5-8-16/h6,9-16H,3-5,7-8H2,1-2H3,(H,26,29)(H2,27,28,30,32). The third-order valence-corrected chi connectivity index (χ3v) is 5.84. The van der Waals surface area contributed by atoms with Crippen LogP contribution in [-0.4, -0.2) is 23.0 Å². The van der Waals surface area contributed by atoms with Gasteiger partial charge in [0, 0.05) is 21.8 Å². The van der Waals surface area contributed by atoms with Crippen molar-refractivity contribution in [1.29, 1.82) is 0 Å². The Morgan fingerprint density at radius 3 is 2.41 bits per heavy atom. The maximum absolute atomic E-state index is 12.8. The van der Waals surface area contributed by atoms with Crippen LogP contribution in [0.3, 0.4) is 0 Å². The Hall–Kier alpha value is -2.45. The fourth-order valence-electron chi connectivity index (χ4n) is 3.65. The summed E-state index contributed by atoms with van der Waals surface area (Å²) in [5.74, 6) is 0.246. The smallest absolute Gasteiger partial charge is 0.261 e. The molecule has 2 amide bonds. The van der Waals surface area contributed by atoms with E-state index in [-0.39, 0.29) is 28.9 Å². The Kier molecular flexibility index (Phi) is 8.64. The fraction of sp³-hybridized carbons (Fsp3) is 0.375. The van der Waals surface area contributed by atoms with Gasteiger partial charge < -0.3 is 15.4 Å². The van der Waals surface area contributed by atoms with E-state index < -0.39 is 0 Å². The number of carbonyl (C=O) groups excluding carboxylic acids is 2. The first-order valence-electron chi connectivity index (χ1n) is 10.8. The molecule has 32 heavy (non-hydrogen) atoms. The van der Waals surface area contributed by atoms with Gasteiger partial charge in [0.15, 0.2) is 5.11 Å². The first kappa shape index (κ1) is 24.2. The molecule has 1 fully saturated rings. The molecule has 170 valence electrons. The van der Waals surface area contributed by atoms with Gasteiger partial charge in [-0.15, -0.1) is 0 Å². The molecule has 3 N–H and O–H groups in total. The highest BCUT2D eigenvalue weighted by Gasteiger charge is 2.21. The number of benzene rings is 2. The highest BCUT2D eigenvalue weighted by Crippen LogP contribution is 2.26. The maximum Gasteiger partial charge on any atom is 0.261 e. The van der Waals surface area contributed by atoms with Crippen LogP contribution in [0.1, 0.15) is 56.3 Å². The molecule has 8 heteroatoms. The average molecular weight is 518 g/mol. The number of carbonyl (C=O) groups is 2. The zero-order chi connectivity index (χ0) is 23.1. The molecule has 0 aliphatic heterocycles. The van der Waals surface area contributed by atoms with Gasteiger partial charge in [0.1, 0.15) is 5.75 Å². The van der Waals surface area contributed by atoms with Gasteiger partial charge >= 0.3 is 0 Å². The summed E-state index contributed by atoms with van der Waals surface area (Å²) in [6.07, 6.45) is 5.23. The first-order valence-corrected chi connectivity index (χ1v) is 12.0. The van der Waals surface area contributed by atoms with Crippen molar-refractivity contribution in [1.82, 2.24) is 5.32 Å². The van der Waals surface area contributed by atoms with E-state index in [9.17, 15) is 9.59 Å². The van der Waals surface area contributed by atoms with Crippen LogP contribution in [0, 0.1) is 5.92 Å². The van der Waals surface area contributed by atoms with E-state index in [1.807, 2.05) is 38.1 Å². The average Bonchev–Trinajstić information content (AvgIpc) is 2.75. The first-order chi connectivity index (χ1) is 15.3. The van der Waals surface area contributed by atoms with E-state index in [2.05, 4.69) is 31.9 Å². The molecule has 0 spiro atoms. The number of anilines is 2. The summed E-state index contributed by atoms with van der Waals surface area (Å²) >= 11 is 8.72. The minimum atomic E-state index is -0.374. The van der Waals surface area contributed by atoms with Crippen LogP contribution in [0.4, 0.5) is 11.4 Å². The van der Waals surface area contributed by atoms with Crippen LogP contribution >= 0.6 is 28.1 Å². The molecular weight excluding hydrogens is 490 g/mol. The van der Waals surface area contributed by atoms with E-state index >= 15 is 0 Å². The minimum absolute atomic E-state index is 0.0602. The highest BCUT2D eigenvalue weighted by atomic mass is 79.9. The lowest BCUT2D eigenvalue weighted by Crippen LogP contribution is -2.34. The van der Waals surface area contributed by atoms with Gasteiger partial charge in [0.05, 0.1) is 11.7 Å². The molecule has 0 aromatic heterocycles. The zero-order valence-corrected chi connectivity index (χ0v) is 20.6. The van der Waals surface area contributed by atoms with Gasteiger partial charge in [0.25, 0.3) is 5.91 Å². The Labute approximate surface area is 202 Å². The molecule has 1 saturated carbocycles. The van der Waals surface area contributed by atoms with Crippen LogP contribution in [0.5, 0.6) is 5.75 Å². The summed E-state index contributed by atoms with van der Waals surface area (Å²) in [5, 5.41) is 8.84. The number of hydrogen-bond donors (Lipinski definition) is 3. The molecule has 3 rings (SSSR count). The normalized spacial score (nSPS) is 14.0. The van der Waals surface area contributed by atoms with Crippen LogP contribution in [-0.2, 0) is 4.79 Å². The molecule has 2 aromatic carbocycles. The SMILES string of the molecule is CC(C)Oc1ccc(Br)cc1C(=O)NC(=S)Nc1cccc(NC(=O)C2CCCCC2)c1. The van der Waals surface area contributed by atoms with Crippen molar-refractivity contribution < 1.29 is 14.3 Å². The van der Waals surface area contributed by atoms with Gasteiger partial charge in [-0.3, -0.25) is 14.9 Å². The Morgan fingerprint density at radius 2 is 1.72 bits per heavy atom. The second-order valence-electron chi connectivity index (χ2n) is 8.12. The van der Waals surface area contributed by atoms with Crippen molar-refractivity contribution in [2.45, 2.75) is 52.1 Å². The number of halogens is 1. The quantitative estimate of drug-likeness (QED) is 0.416. The molecular formula is C24H28BrN3O3S. The minimum Gasteiger partial charge on any atom is -0.490 e. The number of rotatable bonds is 6. The summed E-state index contributed by atoms with van der Waals surface area (Å²) in [5.41, 5.74) is 1.75. The van der Waals surface area contributed by atoms with E-state index in [1.54, 1.807) is 18.2 Å². The summed E-state index contributed by atoms with van der Waals surface area (Å²) in [6, 6.07) is 12.5. The van der Waals surface area contributed by atoms with Gasteiger partial charge in [-0.2, -0.15) is 0 Å². The topological polar surface area (TPSA) is 79.5 Å². The molecule has 0 bridgehead atoms. The fourth-order valence-corrected chi connectivity index (χ4v) is 4.22. The van der Waals surface area contributed by atoms with Crippen molar-refractivity contribution in [3.05, 3.63) is 52.5 Å². The number of ether oxygens (including phenoxy) is 1.